The first-order valence-electron chi connectivity index (χ1n) is 8.24. The van der Waals surface area contributed by atoms with E-state index in [9.17, 15) is 9.59 Å². The van der Waals surface area contributed by atoms with Gasteiger partial charge in [-0.1, -0.05) is 35.4 Å². The third-order valence-electron chi connectivity index (χ3n) is 3.84. The van der Waals surface area contributed by atoms with Gasteiger partial charge in [-0.3, -0.25) is 9.59 Å². The Morgan fingerprint density at radius 3 is 2.48 bits per heavy atom. The van der Waals surface area contributed by atoms with Crippen LogP contribution in [0.4, 0.5) is 0 Å². The zero-order chi connectivity index (χ0) is 18.2. The number of benzene rings is 2. The third kappa shape index (κ3) is 5.64. The highest BCUT2D eigenvalue weighted by Gasteiger charge is 2.08. The second-order valence-corrected chi connectivity index (χ2v) is 5.97. The maximum Gasteiger partial charge on any atom is 0.251 e. The number of amides is 2. The minimum absolute atomic E-state index is 0.0439. The minimum Gasteiger partial charge on any atom is -0.496 e. The van der Waals surface area contributed by atoms with E-state index in [1.54, 1.807) is 19.2 Å². The Balaban J connectivity index is 1.78. The SMILES string of the molecule is COc1ccc(C)cc1CCNC(=O)CNC(=O)c1cccc(C)c1. The number of carbonyl (C=O) groups excluding carboxylic acids is 2. The number of hydrogen-bond donors (Lipinski definition) is 2. The molecule has 2 amide bonds. The second-order valence-electron chi connectivity index (χ2n) is 5.97. The molecule has 0 spiro atoms. The fraction of sp³-hybridized carbons (Fsp3) is 0.300. The molecule has 132 valence electrons. The zero-order valence-electron chi connectivity index (χ0n) is 14.9. The first-order valence-corrected chi connectivity index (χ1v) is 8.24. The molecule has 0 heterocycles. The van der Waals surface area contributed by atoms with E-state index in [2.05, 4.69) is 10.6 Å². The zero-order valence-corrected chi connectivity index (χ0v) is 14.9. The van der Waals surface area contributed by atoms with Gasteiger partial charge in [-0.05, 0) is 44.0 Å². The van der Waals surface area contributed by atoms with Crippen molar-refractivity contribution in [3.8, 4) is 5.75 Å². The van der Waals surface area contributed by atoms with Gasteiger partial charge in [0.1, 0.15) is 5.75 Å². The molecule has 0 aliphatic carbocycles. The molecule has 0 bridgehead atoms. The van der Waals surface area contributed by atoms with Crippen LogP contribution in [0, 0.1) is 13.8 Å². The standard InChI is InChI=1S/C20H24N2O3/c1-14-5-4-6-17(12-14)20(24)22-13-19(23)21-10-9-16-11-15(2)7-8-18(16)25-3/h4-8,11-12H,9-10,13H2,1-3H3,(H,21,23)(H,22,24). The van der Waals surface area contributed by atoms with Crippen LogP contribution in [-0.4, -0.2) is 32.0 Å². The molecule has 0 saturated carbocycles. The topological polar surface area (TPSA) is 67.4 Å². The highest BCUT2D eigenvalue weighted by molar-refractivity contribution is 5.96. The minimum atomic E-state index is -0.251. The molecule has 0 aliphatic rings. The summed E-state index contributed by atoms with van der Waals surface area (Å²) in [6, 6.07) is 13.2. The lowest BCUT2D eigenvalue weighted by molar-refractivity contribution is -0.120. The van der Waals surface area contributed by atoms with Gasteiger partial charge >= 0.3 is 0 Å². The maximum atomic E-state index is 12.0. The van der Waals surface area contributed by atoms with Crippen LogP contribution in [0.3, 0.4) is 0 Å². The van der Waals surface area contributed by atoms with Crippen LogP contribution in [0.5, 0.6) is 5.75 Å². The van der Waals surface area contributed by atoms with Gasteiger partial charge in [0.2, 0.25) is 5.91 Å². The Hall–Kier alpha value is -2.82. The van der Waals surface area contributed by atoms with Crippen molar-refractivity contribution in [2.75, 3.05) is 20.2 Å². The van der Waals surface area contributed by atoms with Crippen molar-refractivity contribution in [1.29, 1.82) is 0 Å². The molecule has 5 nitrogen and oxygen atoms in total. The van der Waals surface area contributed by atoms with E-state index < -0.39 is 0 Å². The largest absolute Gasteiger partial charge is 0.496 e. The van der Waals surface area contributed by atoms with E-state index >= 15 is 0 Å². The van der Waals surface area contributed by atoms with Crippen molar-refractivity contribution >= 4 is 11.8 Å². The Labute approximate surface area is 148 Å². The number of carbonyl (C=O) groups is 2. The predicted octanol–water partition coefficient (Wildman–Crippen LogP) is 2.40. The molecule has 0 fully saturated rings. The van der Waals surface area contributed by atoms with Crippen molar-refractivity contribution < 1.29 is 14.3 Å². The van der Waals surface area contributed by atoms with E-state index in [1.165, 1.54) is 0 Å². The molecular formula is C20H24N2O3. The second kappa shape index (κ2) is 8.87. The van der Waals surface area contributed by atoms with E-state index in [4.69, 9.17) is 4.74 Å². The van der Waals surface area contributed by atoms with Gasteiger partial charge in [0.05, 0.1) is 13.7 Å². The summed E-state index contributed by atoms with van der Waals surface area (Å²) < 4.78 is 5.33. The molecule has 5 heteroatoms. The molecule has 2 aromatic rings. The molecular weight excluding hydrogens is 316 g/mol. The number of methoxy groups -OCH3 is 1. The lowest BCUT2D eigenvalue weighted by Gasteiger charge is -2.11. The maximum absolute atomic E-state index is 12.0. The van der Waals surface area contributed by atoms with Gasteiger partial charge < -0.3 is 15.4 Å². The molecule has 0 saturated heterocycles. The molecule has 0 atom stereocenters. The summed E-state index contributed by atoms with van der Waals surface area (Å²) in [5, 5.41) is 5.44. The molecule has 2 N–H and O–H groups in total. The molecule has 0 aliphatic heterocycles. The summed E-state index contributed by atoms with van der Waals surface area (Å²) >= 11 is 0. The highest BCUT2D eigenvalue weighted by atomic mass is 16.5. The summed E-state index contributed by atoms with van der Waals surface area (Å²) in [6.45, 7) is 4.38. The number of nitrogens with one attached hydrogen (secondary N) is 2. The van der Waals surface area contributed by atoms with Gasteiger partial charge in [0.25, 0.3) is 5.91 Å². The Morgan fingerprint density at radius 2 is 1.76 bits per heavy atom. The highest BCUT2D eigenvalue weighted by Crippen LogP contribution is 2.19. The fourth-order valence-corrected chi connectivity index (χ4v) is 2.55. The molecule has 0 unspecified atom stereocenters. The molecule has 2 aromatic carbocycles. The van der Waals surface area contributed by atoms with Gasteiger partial charge in [0.15, 0.2) is 0 Å². The first-order chi connectivity index (χ1) is 12.0. The molecule has 25 heavy (non-hydrogen) atoms. The van der Waals surface area contributed by atoms with Crippen molar-refractivity contribution in [3.05, 3.63) is 64.7 Å². The van der Waals surface area contributed by atoms with E-state index in [0.717, 1.165) is 22.4 Å². The van der Waals surface area contributed by atoms with Crippen LogP contribution in [0.25, 0.3) is 0 Å². The van der Waals surface area contributed by atoms with E-state index in [1.807, 2.05) is 44.2 Å². The third-order valence-corrected chi connectivity index (χ3v) is 3.84. The van der Waals surface area contributed by atoms with E-state index in [-0.39, 0.29) is 18.4 Å². The number of ether oxygens (including phenoxy) is 1. The summed E-state index contributed by atoms with van der Waals surface area (Å²) in [6.07, 6.45) is 0.669. The average Bonchev–Trinajstić information content (AvgIpc) is 2.60. The Kier molecular flexibility index (Phi) is 6.57. The van der Waals surface area contributed by atoms with Crippen molar-refractivity contribution in [2.24, 2.45) is 0 Å². The average molecular weight is 340 g/mol. The smallest absolute Gasteiger partial charge is 0.251 e. The Bertz CT molecular complexity index is 756. The van der Waals surface area contributed by atoms with Crippen LogP contribution in [0.2, 0.25) is 0 Å². The number of rotatable bonds is 7. The Morgan fingerprint density at radius 1 is 1.00 bits per heavy atom. The quantitative estimate of drug-likeness (QED) is 0.813. The normalized spacial score (nSPS) is 10.2. The van der Waals surface area contributed by atoms with Gasteiger partial charge in [-0.15, -0.1) is 0 Å². The van der Waals surface area contributed by atoms with Crippen LogP contribution >= 0.6 is 0 Å². The molecule has 0 aromatic heterocycles. The first kappa shape index (κ1) is 18.5. The van der Waals surface area contributed by atoms with Gasteiger partial charge in [-0.2, -0.15) is 0 Å². The monoisotopic (exact) mass is 340 g/mol. The van der Waals surface area contributed by atoms with Crippen LogP contribution in [0.1, 0.15) is 27.0 Å². The summed E-state index contributed by atoms with van der Waals surface area (Å²) in [4.78, 5) is 23.9. The predicted molar refractivity (Wildman–Crippen MR) is 98.0 cm³/mol. The van der Waals surface area contributed by atoms with Crippen LogP contribution < -0.4 is 15.4 Å². The van der Waals surface area contributed by atoms with Crippen molar-refractivity contribution in [1.82, 2.24) is 10.6 Å². The van der Waals surface area contributed by atoms with Crippen LogP contribution in [0.15, 0.2) is 42.5 Å². The van der Waals surface area contributed by atoms with Crippen LogP contribution in [-0.2, 0) is 11.2 Å². The summed E-state index contributed by atoms with van der Waals surface area (Å²) in [5.41, 5.74) is 3.75. The van der Waals surface area contributed by atoms with Crippen molar-refractivity contribution in [2.45, 2.75) is 20.3 Å². The lowest BCUT2D eigenvalue weighted by atomic mass is 10.1. The number of aryl methyl sites for hydroxylation is 2. The van der Waals surface area contributed by atoms with Gasteiger partial charge in [0, 0.05) is 12.1 Å². The molecule has 2 rings (SSSR count). The van der Waals surface area contributed by atoms with Gasteiger partial charge in [-0.25, -0.2) is 0 Å². The van der Waals surface area contributed by atoms with Crippen molar-refractivity contribution in [3.63, 3.8) is 0 Å². The summed E-state index contributed by atoms with van der Waals surface area (Å²) in [5.74, 6) is 0.347. The fourth-order valence-electron chi connectivity index (χ4n) is 2.55. The molecule has 0 radical (unpaired) electrons. The summed E-state index contributed by atoms with van der Waals surface area (Å²) in [7, 11) is 1.63. The lowest BCUT2D eigenvalue weighted by Crippen LogP contribution is -2.37. The van der Waals surface area contributed by atoms with E-state index in [0.29, 0.717) is 18.5 Å². The number of hydrogen-bond acceptors (Lipinski definition) is 3.